The van der Waals surface area contributed by atoms with Crippen molar-refractivity contribution in [3.63, 3.8) is 0 Å². The van der Waals surface area contributed by atoms with Crippen molar-refractivity contribution in [2.45, 2.75) is 6.92 Å². The molecule has 0 rings (SSSR count). The largest absolute Gasteiger partial charge is 0.463 e. The third-order valence-corrected chi connectivity index (χ3v) is 0.986. The summed E-state index contributed by atoms with van der Waals surface area (Å²) in [6.07, 6.45) is 3.48. The number of hydrogen-bond donors (Lipinski definition) is 0. The number of hydrogen-bond acceptors (Lipinski definition) is 4. The van der Waals surface area contributed by atoms with Gasteiger partial charge in [0, 0.05) is 12.2 Å². The molecule has 0 heterocycles. The fraction of sp³-hybridized carbons (Fsp3) is 0.333. The molecule has 0 N–H and O–H groups in total. The molecule has 0 aliphatic carbocycles. The molecule has 0 aromatic rings. The van der Waals surface area contributed by atoms with Gasteiger partial charge in [-0.25, -0.2) is 9.59 Å². The van der Waals surface area contributed by atoms with Crippen LogP contribution in [0.1, 0.15) is 6.92 Å². The minimum Gasteiger partial charge on any atom is -0.463 e. The Morgan fingerprint density at radius 2 is 1.77 bits per heavy atom. The van der Waals surface area contributed by atoms with Gasteiger partial charge in [0.1, 0.15) is 6.61 Å². The maximum atomic E-state index is 10.7. The third-order valence-electron chi connectivity index (χ3n) is 0.986. The lowest BCUT2D eigenvalue weighted by Crippen LogP contribution is -2.03. The molecule has 0 amide bonds. The predicted molar refractivity (Wildman–Crippen MR) is 46.9 cm³/mol. The summed E-state index contributed by atoms with van der Waals surface area (Å²) in [5.41, 5.74) is 0. The summed E-state index contributed by atoms with van der Waals surface area (Å²) in [6, 6.07) is 0. The van der Waals surface area contributed by atoms with Crippen LogP contribution in [0.5, 0.6) is 0 Å². The van der Waals surface area contributed by atoms with Gasteiger partial charge in [-0.1, -0.05) is 12.7 Å². The number of ether oxygens (including phenoxy) is 2. The fourth-order valence-electron chi connectivity index (χ4n) is 0.516. The van der Waals surface area contributed by atoms with Crippen LogP contribution in [0.15, 0.2) is 24.8 Å². The van der Waals surface area contributed by atoms with Crippen LogP contribution in [-0.2, 0) is 19.1 Å². The van der Waals surface area contributed by atoms with Crippen LogP contribution >= 0.6 is 0 Å². The van der Waals surface area contributed by atoms with Crippen molar-refractivity contribution in [3.05, 3.63) is 24.8 Å². The van der Waals surface area contributed by atoms with E-state index in [1.807, 2.05) is 0 Å². The van der Waals surface area contributed by atoms with E-state index in [0.717, 1.165) is 12.2 Å². The average Bonchev–Trinajstić information content (AvgIpc) is 2.12. The van der Waals surface area contributed by atoms with Crippen LogP contribution in [-0.4, -0.2) is 25.2 Å². The number of rotatable bonds is 5. The summed E-state index contributed by atoms with van der Waals surface area (Å²) in [5.74, 6) is -1.15. The van der Waals surface area contributed by atoms with E-state index >= 15 is 0 Å². The number of carbonyl (C=O) groups excluding carboxylic acids is 2. The molecule has 72 valence electrons. The van der Waals surface area contributed by atoms with Gasteiger partial charge in [0.2, 0.25) is 0 Å². The Labute approximate surface area is 76.8 Å². The highest BCUT2D eigenvalue weighted by Gasteiger charge is 1.97. The lowest BCUT2D eigenvalue weighted by atomic mass is 10.5. The topological polar surface area (TPSA) is 52.6 Å². The third kappa shape index (κ3) is 6.80. The molecule has 4 nitrogen and oxygen atoms in total. The Hall–Kier alpha value is -1.58. The van der Waals surface area contributed by atoms with E-state index in [4.69, 9.17) is 0 Å². The van der Waals surface area contributed by atoms with Crippen LogP contribution in [0.25, 0.3) is 0 Å². The number of esters is 2. The Morgan fingerprint density at radius 1 is 1.23 bits per heavy atom. The zero-order valence-electron chi connectivity index (χ0n) is 7.49. The van der Waals surface area contributed by atoms with Gasteiger partial charge in [0.15, 0.2) is 0 Å². The molecule has 0 aromatic carbocycles. The van der Waals surface area contributed by atoms with Crippen molar-refractivity contribution in [3.8, 4) is 0 Å². The lowest BCUT2D eigenvalue weighted by Gasteiger charge is -1.96. The Morgan fingerprint density at radius 3 is 2.23 bits per heavy atom. The quantitative estimate of drug-likeness (QED) is 0.361. The minimum atomic E-state index is -0.590. The summed E-state index contributed by atoms with van der Waals surface area (Å²) in [5, 5.41) is 0. The van der Waals surface area contributed by atoms with E-state index in [1.54, 1.807) is 6.92 Å². The zero-order valence-corrected chi connectivity index (χ0v) is 7.49. The van der Waals surface area contributed by atoms with Gasteiger partial charge in [-0.2, -0.15) is 0 Å². The molecule has 0 unspecified atom stereocenters. The summed E-state index contributed by atoms with van der Waals surface area (Å²) in [4.78, 5) is 21.4. The second-order valence-electron chi connectivity index (χ2n) is 2.00. The Balaban J connectivity index is 3.75. The smallest absolute Gasteiger partial charge is 0.331 e. The Kier molecular flexibility index (Phi) is 6.23. The minimum absolute atomic E-state index is 0.131. The molecule has 0 aromatic heterocycles. The van der Waals surface area contributed by atoms with Crippen LogP contribution < -0.4 is 0 Å². The molecule has 13 heavy (non-hydrogen) atoms. The van der Waals surface area contributed by atoms with E-state index in [1.165, 1.54) is 6.08 Å². The second kappa shape index (κ2) is 7.09. The van der Waals surface area contributed by atoms with E-state index in [2.05, 4.69) is 16.1 Å². The highest BCUT2D eigenvalue weighted by atomic mass is 16.5. The molecule has 0 aliphatic rings. The average molecular weight is 184 g/mol. The molecule has 4 heteroatoms. The van der Waals surface area contributed by atoms with Gasteiger partial charge in [0.05, 0.1) is 6.61 Å². The van der Waals surface area contributed by atoms with E-state index in [-0.39, 0.29) is 13.2 Å². The predicted octanol–water partition coefficient (Wildman–Crippen LogP) is 0.835. The summed E-state index contributed by atoms with van der Waals surface area (Å²) < 4.78 is 9.11. The molecule has 0 radical (unpaired) electrons. The van der Waals surface area contributed by atoms with Crippen molar-refractivity contribution in [2.24, 2.45) is 0 Å². The Bertz CT molecular complexity index is 218. The molecule has 0 bridgehead atoms. The maximum absolute atomic E-state index is 10.7. The van der Waals surface area contributed by atoms with E-state index in [0.29, 0.717) is 0 Å². The van der Waals surface area contributed by atoms with Gasteiger partial charge in [-0.3, -0.25) is 0 Å². The first-order valence-electron chi connectivity index (χ1n) is 3.83. The molecule has 0 saturated carbocycles. The lowest BCUT2D eigenvalue weighted by molar-refractivity contribution is -0.139. The first-order valence-corrected chi connectivity index (χ1v) is 3.83. The SMILES string of the molecule is C=CCOC(=O)/C=C/C(=O)OCC. The molecule has 0 spiro atoms. The monoisotopic (exact) mass is 184 g/mol. The van der Waals surface area contributed by atoms with Gasteiger partial charge in [-0.05, 0) is 6.92 Å². The first-order chi connectivity index (χ1) is 6.20. The van der Waals surface area contributed by atoms with Crippen molar-refractivity contribution < 1.29 is 19.1 Å². The summed E-state index contributed by atoms with van der Waals surface area (Å²) >= 11 is 0. The van der Waals surface area contributed by atoms with Crippen LogP contribution in [0, 0.1) is 0 Å². The maximum Gasteiger partial charge on any atom is 0.331 e. The van der Waals surface area contributed by atoms with Crippen LogP contribution in [0.2, 0.25) is 0 Å². The van der Waals surface area contributed by atoms with E-state index < -0.39 is 11.9 Å². The molecule has 0 fully saturated rings. The van der Waals surface area contributed by atoms with Gasteiger partial charge >= 0.3 is 11.9 Å². The molecule has 0 aliphatic heterocycles. The van der Waals surface area contributed by atoms with Crippen molar-refractivity contribution in [1.29, 1.82) is 0 Å². The van der Waals surface area contributed by atoms with Gasteiger partial charge in [-0.15, -0.1) is 0 Å². The number of carbonyl (C=O) groups is 2. The first kappa shape index (κ1) is 11.4. The standard InChI is InChI=1S/C9H12O4/c1-3-7-13-9(11)6-5-8(10)12-4-2/h3,5-6H,1,4,7H2,2H3/b6-5+. The van der Waals surface area contributed by atoms with E-state index in [9.17, 15) is 9.59 Å². The van der Waals surface area contributed by atoms with Crippen LogP contribution in [0.3, 0.4) is 0 Å². The second-order valence-corrected chi connectivity index (χ2v) is 2.00. The molecule has 0 atom stereocenters. The zero-order chi connectivity index (χ0) is 10.1. The van der Waals surface area contributed by atoms with Crippen LogP contribution in [0.4, 0.5) is 0 Å². The highest BCUT2D eigenvalue weighted by Crippen LogP contribution is 1.85. The van der Waals surface area contributed by atoms with Crippen molar-refractivity contribution in [1.82, 2.24) is 0 Å². The van der Waals surface area contributed by atoms with Crippen molar-refractivity contribution >= 4 is 11.9 Å². The normalized spacial score (nSPS) is 9.62. The molecule has 0 saturated heterocycles. The summed E-state index contributed by atoms with van der Waals surface area (Å²) in [6.45, 7) is 5.46. The molecular formula is C9H12O4. The highest BCUT2D eigenvalue weighted by molar-refractivity contribution is 5.91. The fourth-order valence-corrected chi connectivity index (χ4v) is 0.516. The molecular weight excluding hydrogens is 172 g/mol. The van der Waals surface area contributed by atoms with Crippen molar-refractivity contribution in [2.75, 3.05) is 13.2 Å². The van der Waals surface area contributed by atoms with Gasteiger partial charge < -0.3 is 9.47 Å². The summed E-state index contributed by atoms with van der Waals surface area (Å²) in [7, 11) is 0. The van der Waals surface area contributed by atoms with Gasteiger partial charge in [0.25, 0.3) is 0 Å².